The Balaban J connectivity index is 2.19. The molecule has 1 saturated heterocycles. The monoisotopic (exact) mass is 141 g/mol. The van der Waals surface area contributed by atoms with Crippen LogP contribution in [0.1, 0.15) is 19.3 Å². The summed E-state index contributed by atoms with van der Waals surface area (Å²) in [5.74, 6) is 0.765. The number of allylic oxidation sites excluding steroid dienone is 1. The van der Waals surface area contributed by atoms with Crippen LogP contribution in [0.2, 0.25) is 0 Å². The predicted molar refractivity (Wildman–Crippen MR) is 40.9 cm³/mol. The Morgan fingerprint density at radius 3 is 2.60 bits per heavy atom. The van der Waals surface area contributed by atoms with E-state index in [2.05, 4.69) is 6.58 Å². The first-order valence-corrected chi connectivity index (χ1v) is 3.87. The van der Waals surface area contributed by atoms with E-state index in [9.17, 15) is 0 Å². The molecule has 0 radical (unpaired) electrons. The SMILES string of the molecule is C=CCC1CCN(O)CC1. The highest BCUT2D eigenvalue weighted by molar-refractivity contribution is 4.76. The van der Waals surface area contributed by atoms with E-state index in [0.717, 1.165) is 38.3 Å². The van der Waals surface area contributed by atoms with E-state index in [0.29, 0.717) is 0 Å². The van der Waals surface area contributed by atoms with E-state index < -0.39 is 0 Å². The summed E-state index contributed by atoms with van der Waals surface area (Å²) in [6.45, 7) is 5.36. The van der Waals surface area contributed by atoms with Crippen LogP contribution in [0, 0.1) is 5.92 Å². The van der Waals surface area contributed by atoms with Crippen LogP contribution in [-0.2, 0) is 0 Å². The van der Waals surface area contributed by atoms with Gasteiger partial charge in [0, 0.05) is 13.1 Å². The van der Waals surface area contributed by atoms with Crippen LogP contribution < -0.4 is 0 Å². The molecule has 0 bridgehead atoms. The summed E-state index contributed by atoms with van der Waals surface area (Å²) in [7, 11) is 0. The first-order chi connectivity index (χ1) is 4.83. The third-order valence-corrected chi connectivity index (χ3v) is 2.09. The maximum Gasteiger partial charge on any atom is 0.0240 e. The van der Waals surface area contributed by atoms with Gasteiger partial charge in [-0.05, 0) is 25.2 Å². The minimum atomic E-state index is 0.765. The minimum Gasteiger partial charge on any atom is -0.314 e. The Kier molecular flexibility index (Phi) is 2.90. The fourth-order valence-corrected chi connectivity index (χ4v) is 1.39. The lowest BCUT2D eigenvalue weighted by Gasteiger charge is -2.26. The van der Waals surface area contributed by atoms with Crippen molar-refractivity contribution < 1.29 is 5.21 Å². The van der Waals surface area contributed by atoms with Crippen molar-refractivity contribution in [1.82, 2.24) is 5.06 Å². The summed E-state index contributed by atoms with van der Waals surface area (Å²) in [4.78, 5) is 0. The largest absolute Gasteiger partial charge is 0.314 e. The quantitative estimate of drug-likeness (QED) is 0.591. The van der Waals surface area contributed by atoms with Crippen LogP contribution in [0.5, 0.6) is 0 Å². The molecule has 1 heterocycles. The molecule has 2 heteroatoms. The van der Waals surface area contributed by atoms with E-state index in [-0.39, 0.29) is 0 Å². The molecule has 0 aromatic carbocycles. The van der Waals surface area contributed by atoms with Gasteiger partial charge in [0.1, 0.15) is 0 Å². The third-order valence-electron chi connectivity index (χ3n) is 2.09. The van der Waals surface area contributed by atoms with Crippen LogP contribution in [0.3, 0.4) is 0 Å². The first kappa shape index (κ1) is 7.76. The number of hydroxylamine groups is 2. The topological polar surface area (TPSA) is 23.5 Å². The van der Waals surface area contributed by atoms with E-state index in [1.54, 1.807) is 0 Å². The molecule has 1 N–H and O–H groups in total. The molecule has 0 amide bonds. The van der Waals surface area contributed by atoms with Gasteiger partial charge in [0.05, 0.1) is 0 Å². The molecule has 10 heavy (non-hydrogen) atoms. The summed E-state index contributed by atoms with van der Waals surface area (Å²) in [6, 6.07) is 0. The van der Waals surface area contributed by atoms with E-state index >= 15 is 0 Å². The highest BCUT2D eigenvalue weighted by Gasteiger charge is 2.15. The summed E-state index contributed by atoms with van der Waals surface area (Å²) >= 11 is 0. The van der Waals surface area contributed by atoms with Crippen molar-refractivity contribution in [2.45, 2.75) is 19.3 Å². The Bertz CT molecular complexity index is 106. The molecular formula is C8H15NO. The number of rotatable bonds is 2. The molecule has 1 rings (SSSR count). The second-order valence-electron chi connectivity index (χ2n) is 2.92. The van der Waals surface area contributed by atoms with Crippen molar-refractivity contribution in [3.8, 4) is 0 Å². The van der Waals surface area contributed by atoms with Gasteiger partial charge in [0.15, 0.2) is 0 Å². The van der Waals surface area contributed by atoms with Gasteiger partial charge in [-0.1, -0.05) is 6.08 Å². The smallest absolute Gasteiger partial charge is 0.0240 e. The van der Waals surface area contributed by atoms with E-state index in [1.165, 1.54) is 5.06 Å². The third kappa shape index (κ3) is 2.12. The lowest BCUT2D eigenvalue weighted by molar-refractivity contribution is -0.111. The summed E-state index contributed by atoms with van der Waals surface area (Å²) in [5, 5.41) is 10.4. The molecule has 0 aromatic heterocycles. The molecule has 0 aliphatic carbocycles. The normalized spacial score (nSPS) is 22.9. The van der Waals surface area contributed by atoms with E-state index in [1.807, 2.05) is 6.08 Å². The molecule has 0 unspecified atom stereocenters. The summed E-state index contributed by atoms with van der Waals surface area (Å²) in [5.41, 5.74) is 0. The van der Waals surface area contributed by atoms with Gasteiger partial charge in [-0.25, -0.2) is 0 Å². The summed E-state index contributed by atoms with van der Waals surface area (Å²) < 4.78 is 0. The van der Waals surface area contributed by atoms with Crippen molar-refractivity contribution in [3.05, 3.63) is 12.7 Å². The predicted octanol–water partition coefficient (Wildman–Crippen LogP) is 1.66. The van der Waals surface area contributed by atoms with Gasteiger partial charge in [-0.2, -0.15) is 5.06 Å². The standard InChI is InChI=1S/C8H15NO/c1-2-3-8-4-6-9(10)7-5-8/h2,8,10H,1,3-7H2. The lowest BCUT2D eigenvalue weighted by Crippen LogP contribution is -2.30. The van der Waals surface area contributed by atoms with Crippen molar-refractivity contribution in [3.63, 3.8) is 0 Å². The van der Waals surface area contributed by atoms with Crippen molar-refractivity contribution >= 4 is 0 Å². The van der Waals surface area contributed by atoms with Gasteiger partial charge in [-0.15, -0.1) is 6.58 Å². The zero-order chi connectivity index (χ0) is 7.40. The molecule has 1 aliphatic rings. The Hall–Kier alpha value is -0.340. The number of nitrogens with zero attached hydrogens (tertiary/aromatic N) is 1. The zero-order valence-corrected chi connectivity index (χ0v) is 6.29. The fraction of sp³-hybridized carbons (Fsp3) is 0.750. The number of hydrogen-bond acceptors (Lipinski definition) is 2. The average molecular weight is 141 g/mol. The van der Waals surface area contributed by atoms with Crippen molar-refractivity contribution in [2.75, 3.05) is 13.1 Å². The molecule has 58 valence electrons. The average Bonchev–Trinajstić information content (AvgIpc) is 1.95. The van der Waals surface area contributed by atoms with Crippen LogP contribution in [0.4, 0.5) is 0 Å². The van der Waals surface area contributed by atoms with Gasteiger partial charge >= 0.3 is 0 Å². The molecule has 0 spiro atoms. The van der Waals surface area contributed by atoms with Crippen molar-refractivity contribution in [1.29, 1.82) is 0 Å². The van der Waals surface area contributed by atoms with Gasteiger partial charge in [0.25, 0.3) is 0 Å². The van der Waals surface area contributed by atoms with Crippen LogP contribution in [-0.4, -0.2) is 23.4 Å². The maximum absolute atomic E-state index is 9.00. The fourth-order valence-electron chi connectivity index (χ4n) is 1.39. The lowest BCUT2D eigenvalue weighted by atomic mass is 9.95. The Morgan fingerprint density at radius 1 is 1.50 bits per heavy atom. The maximum atomic E-state index is 9.00. The number of hydrogen-bond donors (Lipinski definition) is 1. The second kappa shape index (κ2) is 3.74. The highest BCUT2D eigenvalue weighted by Crippen LogP contribution is 2.18. The zero-order valence-electron chi connectivity index (χ0n) is 6.29. The Labute approximate surface area is 62.1 Å². The first-order valence-electron chi connectivity index (χ1n) is 3.87. The minimum absolute atomic E-state index is 0.765. The number of piperidine rings is 1. The van der Waals surface area contributed by atoms with Gasteiger partial charge in [0.2, 0.25) is 0 Å². The van der Waals surface area contributed by atoms with Gasteiger partial charge in [-0.3, -0.25) is 0 Å². The van der Waals surface area contributed by atoms with Gasteiger partial charge < -0.3 is 5.21 Å². The van der Waals surface area contributed by atoms with Crippen molar-refractivity contribution in [2.24, 2.45) is 5.92 Å². The molecule has 1 fully saturated rings. The molecule has 0 atom stereocenters. The van der Waals surface area contributed by atoms with E-state index in [4.69, 9.17) is 5.21 Å². The summed E-state index contributed by atoms with van der Waals surface area (Å²) in [6.07, 6.45) is 5.30. The molecule has 2 nitrogen and oxygen atoms in total. The highest BCUT2D eigenvalue weighted by atomic mass is 16.5. The molecule has 1 aliphatic heterocycles. The molecule has 0 saturated carbocycles. The van der Waals surface area contributed by atoms with Crippen LogP contribution >= 0.6 is 0 Å². The van der Waals surface area contributed by atoms with Crippen LogP contribution in [0.25, 0.3) is 0 Å². The molecule has 0 aromatic rings. The second-order valence-corrected chi connectivity index (χ2v) is 2.92. The van der Waals surface area contributed by atoms with Crippen LogP contribution in [0.15, 0.2) is 12.7 Å². The molecular weight excluding hydrogens is 126 g/mol. The Morgan fingerprint density at radius 2 is 2.10 bits per heavy atom.